The Bertz CT molecular complexity index is 359. The van der Waals surface area contributed by atoms with Crippen LogP contribution in [0.2, 0.25) is 0 Å². The van der Waals surface area contributed by atoms with Crippen LogP contribution in [0.1, 0.15) is 13.8 Å². The molecule has 1 aliphatic heterocycles. The van der Waals surface area contributed by atoms with Gasteiger partial charge in [0.05, 0.1) is 0 Å². The second kappa shape index (κ2) is 4.38. The van der Waals surface area contributed by atoms with E-state index in [0.717, 1.165) is 24.1 Å². The molecular formula is C13H19BrN2. The summed E-state index contributed by atoms with van der Waals surface area (Å²) in [5, 5.41) is 0. The van der Waals surface area contributed by atoms with E-state index in [1.807, 2.05) is 0 Å². The molecule has 3 heteroatoms. The maximum atomic E-state index is 3.48. The Morgan fingerprint density at radius 2 is 1.75 bits per heavy atom. The van der Waals surface area contributed by atoms with Crippen LogP contribution < -0.4 is 4.90 Å². The zero-order valence-electron chi connectivity index (χ0n) is 10.2. The van der Waals surface area contributed by atoms with Gasteiger partial charge in [-0.05, 0) is 45.2 Å². The van der Waals surface area contributed by atoms with Gasteiger partial charge < -0.3 is 9.80 Å². The number of hydrogen-bond acceptors (Lipinski definition) is 2. The number of likely N-dealkylation sites (N-methyl/N-ethyl adjacent to an activating group) is 1. The highest BCUT2D eigenvalue weighted by Gasteiger charge is 2.32. The molecule has 0 saturated carbocycles. The molecule has 1 aromatic carbocycles. The Labute approximate surface area is 106 Å². The standard InChI is InChI=1S/C13H19BrN2/c1-13(2)10-15(3)8-9-16(13)12-6-4-11(14)5-7-12/h4-7H,8-10H2,1-3H3. The fraction of sp³-hybridized carbons (Fsp3) is 0.538. The third kappa shape index (κ3) is 2.41. The summed E-state index contributed by atoms with van der Waals surface area (Å²) in [5.41, 5.74) is 1.53. The number of hydrogen-bond donors (Lipinski definition) is 0. The number of benzene rings is 1. The second-order valence-electron chi connectivity index (χ2n) is 5.18. The molecule has 16 heavy (non-hydrogen) atoms. The molecule has 0 atom stereocenters. The Morgan fingerprint density at radius 1 is 1.12 bits per heavy atom. The lowest BCUT2D eigenvalue weighted by molar-refractivity contribution is 0.218. The monoisotopic (exact) mass is 282 g/mol. The van der Waals surface area contributed by atoms with E-state index in [0.29, 0.717) is 0 Å². The van der Waals surface area contributed by atoms with Crippen molar-refractivity contribution in [3.05, 3.63) is 28.7 Å². The summed E-state index contributed by atoms with van der Waals surface area (Å²) in [6.07, 6.45) is 0. The van der Waals surface area contributed by atoms with Crippen LogP contribution in [0.25, 0.3) is 0 Å². The van der Waals surface area contributed by atoms with E-state index in [4.69, 9.17) is 0 Å². The molecule has 1 aliphatic rings. The minimum atomic E-state index is 0.209. The molecule has 0 amide bonds. The lowest BCUT2D eigenvalue weighted by Gasteiger charge is -2.47. The maximum absolute atomic E-state index is 3.48. The molecule has 0 N–H and O–H groups in total. The number of piperazine rings is 1. The van der Waals surface area contributed by atoms with E-state index in [1.54, 1.807) is 0 Å². The molecule has 0 bridgehead atoms. The van der Waals surface area contributed by atoms with Gasteiger partial charge in [-0.1, -0.05) is 15.9 Å². The zero-order valence-corrected chi connectivity index (χ0v) is 11.8. The van der Waals surface area contributed by atoms with E-state index in [9.17, 15) is 0 Å². The molecule has 1 saturated heterocycles. The molecule has 0 radical (unpaired) electrons. The molecule has 0 aliphatic carbocycles. The van der Waals surface area contributed by atoms with Crippen molar-refractivity contribution in [2.24, 2.45) is 0 Å². The first-order valence-corrected chi connectivity index (χ1v) is 6.50. The summed E-state index contributed by atoms with van der Waals surface area (Å²) >= 11 is 3.48. The van der Waals surface area contributed by atoms with Gasteiger partial charge in [-0.3, -0.25) is 0 Å². The predicted molar refractivity (Wildman–Crippen MR) is 73.1 cm³/mol. The molecule has 2 rings (SSSR count). The molecule has 2 nitrogen and oxygen atoms in total. The normalized spacial score (nSPS) is 21.1. The average Bonchev–Trinajstić information content (AvgIpc) is 2.18. The molecule has 0 spiro atoms. The van der Waals surface area contributed by atoms with Crippen molar-refractivity contribution in [3.8, 4) is 0 Å². The lowest BCUT2D eigenvalue weighted by Crippen LogP contribution is -2.58. The van der Waals surface area contributed by atoms with Gasteiger partial charge in [-0.15, -0.1) is 0 Å². The third-order valence-electron chi connectivity index (χ3n) is 3.23. The van der Waals surface area contributed by atoms with Crippen LogP contribution >= 0.6 is 15.9 Å². The van der Waals surface area contributed by atoms with Crippen LogP contribution in [-0.4, -0.2) is 37.1 Å². The summed E-state index contributed by atoms with van der Waals surface area (Å²) in [5.74, 6) is 0. The van der Waals surface area contributed by atoms with Crippen molar-refractivity contribution in [3.63, 3.8) is 0 Å². The van der Waals surface area contributed by atoms with Crippen molar-refractivity contribution < 1.29 is 0 Å². The highest BCUT2D eigenvalue weighted by atomic mass is 79.9. The fourth-order valence-electron chi connectivity index (χ4n) is 2.50. The van der Waals surface area contributed by atoms with Crippen molar-refractivity contribution >= 4 is 21.6 Å². The second-order valence-corrected chi connectivity index (χ2v) is 6.09. The molecule has 1 heterocycles. The number of rotatable bonds is 1. The van der Waals surface area contributed by atoms with Crippen molar-refractivity contribution in [2.45, 2.75) is 19.4 Å². The van der Waals surface area contributed by atoms with Gasteiger partial charge in [0.25, 0.3) is 0 Å². The largest absolute Gasteiger partial charge is 0.364 e. The summed E-state index contributed by atoms with van der Waals surface area (Å²) in [6, 6.07) is 8.61. The SMILES string of the molecule is CN1CCN(c2ccc(Br)cc2)C(C)(C)C1. The molecule has 0 unspecified atom stereocenters. The maximum Gasteiger partial charge on any atom is 0.0473 e. The van der Waals surface area contributed by atoms with Gasteiger partial charge in [-0.2, -0.15) is 0 Å². The van der Waals surface area contributed by atoms with Crippen LogP contribution in [0.15, 0.2) is 28.7 Å². The smallest absolute Gasteiger partial charge is 0.0473 e. The van der Waals surface area contributed by atoms with Crippen molar-refractivity contribution in [2.75, 3.05) is 31.6 Å². The highest BCUT2D eigenvalue weighted by molar-refractivity contribution is 9.10. The Hall–Kier alpha value is -0.540. The minimum absolute atomic E-state index is 0.209. The molecule has 88 valence electrons. The van der Waals surface area contributed by atoms with Crippen LogP contribution in [0.4, 0.5) is 5.69 Å². The van der Waals surface area contributed by atoms with Crippen LogP contribution in [0.5, 0.6) is 0 Å². The summed E-state index contributed by atoms with van der Waals surface area (Å²) in [4.78, 5) is 4.90. The molecule has 1 aromatic rings. The highest BCUT2D eigenvalue weighted by Crippen LogP contribution is 2.28. The van der Waals surface area contributed by atoms with Crippen molar-refractivity contribution in [1.29, 1.82) is 0 Å². The first-order valence-electron chi connectivity index (χ1n) is 5.71. The summed E-state index contributed by atoms with van der Waals surface area (Å²) in [6.45, 7) is 7.98. The van der Waals surface area contributed by atoms with E-state index < -0.39 is 0 Å². The van der Waals surface area contributed by atoms with Crippen LogP contribution in [0.3, 0.4) is 0 Å². The Balaban J connectivity index is 2.23. The average molecular weight is 283 g/mol. The lowest BCUT2D eigenvalue weighted by atomic mass is 9.98. The zero-order chi connectivity index (χ0) is 11.8. The van der Waals surface area contributed by atoms with Crippen molar-refractivity contribution in [1.82, 2.24) is 4.90 Å². The first-order chi connectivity index (χ1) is 7.49. The number of halogens is 1. The topological polar surface area (TPSA) is 6.48 Å². The van der Waals surface area contributed by atoms with Gasteiger partial charge in [-0.25, -0.2) is 0 Å². The van der Waals surface area contributed by atoms with E-state index in [1.165, 1.54) is 5.69 Å². The minimum Gasteiger partial charge on any atom is -0.364 e. The predicted octanol–water partition coefficient (Wildman–Crippen LogP) is 2.98. The Morgan fingerprint density at radius 3 is 2.31 bits per heavy atom. The first kappa shape index (κ1) is 11.9. The number of anilines is 1. The van der Waals surface area contributed by atoms with Gasteiger partial charge in [0.1, 0.15) is 0 Å². The van der Waals surface area contributed by atoms with E-state index >= 15 is 0 Å². The van der Waals surface area contributed by atoms with Crippen LogP contribution in [0, 0.1) is 0 Å². The van der Waals surface area contributed by atoms with Gasteiger partial charge in [0.2, 0.25) is 0 Å². The molecule has 0 aromatic heterocycles. The summed E-state index contributed by atoms with van der Waals surface area (Å²) < 4.78 is 1.14. The van der Waals surface area contributed by atoms with Gasteiger partial charge >= 0.3 is 0 Å². The Kier molecular flexibility index (Phi) is 3.27. The van der Waals surface area contributed by atoms with E-state index in [-0.39, 0.29) is 5.54 Å². The molecular weight excluding hydrogens is 264 g/mol. The summed E-state index contributed by atoms with van der Waals surface area (Å²) in [7, 11) is 2.20. The van der Waals surface area contributed by atoms with Crippen LogP contribution in [-0.2, 0) is 0 Å². The molecule has 1 fully saturated rings. The van der Waals surface area contributed by atoms with Gasteiger partial charge in [0, 0.05) is 35.3 Å². The van der Waals surface area contributed by atoms with E-state index in [2.05, 4.69) is 70.9 Å². The fourth-order valence-corrected chi connectivity index (χ4v) is 2.76. The third-order valence-corrected chi connectivity index (χ3v) is 3.76. The quantitative estimate of drug-likeness (QED) is 0.782. The van der Waals surface area contributed by atoms with Gasteiger partial charge in [0.15, 0.2) is 0 Å². The number of nitrogens with zero attached hydrogens (tertiary/aromatic N) is 2.